The van der Waals surface area contributed by atoms with Crippen LogP contribution in [0.3, 0.4) is 0 Å². The molecule has 4 nitrogen and oxygen atoms in total. The van der Waals surface area contributed by atoms with Crippen molar-refractivity contribution < 1.29 is 14.6 Å². The highest BCUT2D eigenvalue weighted by molar-refractivity contribution is 9.10. The smallest absolute Gasteiger partial charge is 0.414 e. The highest BCUT2D eigenvalue weighted by Gasteiger charge is 2.33. The first-order chi connectivity index (χ1) is 7.22. The minimum atomic E-state index is -0.410. The molecule has 1 fully saturated rings. The third-order valence-electron chi connectivity index (χ3n) is 2.26. The van der Waals surface area contributed by atoms with Gasteiger partial charge in [-0.05, 0) is 18.2 Å². The summed E-state index contributed by atoms with van der Waals surface area (Å²) in [5, 5.41) is 9.10. The largest absolute Gasteiger partial charge is 0.447 e. The van der Waals surface area contributed by atoms with Crippen LogP contribution < -0.4 is 4.90 Å². The van der Waals surface area contributed by atoms with Crippen molar-refractivity contribution in [2.24, 2.45) is 0 Å². The highest BCUT2D eigenvalue weighted by atomic mass is 79.9. The zero-order chi connectivity index (χ0) is 10.8. The number of carbonyl (C=O) groups is 1. The van der Waals surface area contributed by atoms with Gasteiger partial charge in [-0.3, -0.25) is 4.90 Å². The Hall–Kier alpha value is -1.07. The van der Waals surface area contributed by atoms with Gasteiger partial charge in [-0.25, -0.2) is 4.79 Å². The maximum Gasteiger partial charge on any atom is 0.414 e. The van der Waals surface area contributed by atoms with Gasteiger partial charge in [-0.15, -0.1) is 0 Å². The number of cyclic esters (lactones) is 1. The molecule has 15 heavy (non-hydrogen) atoms. The van der Waals surface area contributed by atoms with Crippen molar-refractivity contribution in [3.05, 3.63) is 28.7 Å². The number of halogens is 1. The van der Waals surface area contributed by atoms with Gasteiger partial charge in [0.05, 0.1) is 12.6 Å². The first kappa shape index (κ1) is 10.4. The van der Waals surface area contributed by atoms with Gasteiger partial charge in [0, 0.05) is 10.2 Å². The summed E-state index contributed by atoms with van der Waals surface area (Å²) in [4.78, 5) is 12.9. The van der Waals surface area contributed by atoms with Gasteiger partial charge < -0.3 is 9.84 Å². The van der Waals surface area contributed by atoms with Crippen LogP contribution >= 0.6 is 15.9 Å². The second kappa shape index (κ2) is 4.20. The molecule has 1 unspecified atom stereocenters. The summed E-state index contributed by atoms with van der Waals surface area (Å²) in [5.74, 6) is 0. The standard InChI is InChI=1S/C10H10BrNO3/c11-7-2-1-3-8(4-7)12-9(5-13)6-15-10(12)14/h1-4,9,13H,5-6H2. The van der Waals surface area contributed by atoms with Crippen LogP contribution in [-0.2, 0) is 4.74 Å². The SMILES string of the molecule is O=C1OCC(CO)N1c1cccc(Br)c1. The molecule has 0 spiro atoms. The van der Waals surface area contributed by atoms with E-state index in [1.54, 1.807) is 6.07 Å². The molecule has 1 atom stereocenters. The molecule has 1 aliphatic rings. The van der Waals surface area contributed by atoms with Crippen molar-refractivity contribution in [2.75, 3.05) is 18.1 Å². The minimum absolute atomic E-state index is 0.0990. The zero-order valence-electron chi connectivity index (χ0n) is 7.89. The molecule has 0 aliphatic carbocycles. The first-order valence-corrected chi connectivity index (χ1v) is 5.34. The van der Waals surface area contributed by atoms with E-state index in [0.29, 0.717) is 0 Å². The quantitative estimate of drug-likeness (QED) is 0.892. The fourth-order valence-corrected chi connectivity index (χ4v) is 1.92. The molecule has 80 valence electrons. The monoisotopic (exact) mass is 271 g/mol. The molecular weight excluding hydrogens is 262 g/mol. The summed E-state index contributed by atoms with van der Waals surface area (Å²) in [6, 6.07) is 7.04. The Bertz CT molecular complexity index is 383. The third kappa shape index (κ3) is 1.98. The predicted octanol–water partition coefficient (Wildman–Crippen LogP) is 1.77. The molecule has 5 heteroatoms. The Morgan fingerprint density at radius 3 is 3.07 bits per heavy atom. The number of hydrogen-bond acceptors (Lipinski definition) is 3. The van der Waals surface area contributed by atoms with Crippen molar-refractivity contribution in [3.63, 3.8) is 0 Å². The van der Waals surface area contributed by atoms with Gasteiger partial charge in [0.2, 0.25) is 0 Å². The number of rotatable bonds is 2. The van der Waals surface area contributed by atoms with Gasteiger partial charge in [-0.2, -0.15) is 0 Å². The van der Waals surface area contributed by atoms with Crippen LogP contribution in [0.2, 0.25) is 0 Å². The minimum Gasteiger partial charge on any atom is -0.447 e. The number of ether oxygens (including phenoxy) is 1. The third-order valence-corrected chi connectivity index (χ3v) is 2.75. The second-order valence-electron chi connectivity index (χ2n) is 3.26. The van der Waals surface area contributed by atoms with E-state index in [4.69, 9.17) is 9.84 Å². The number of aliphatic hydroxyl groups excluding tert-OH is 1. The normalized spacial score (nSPS) is 20.5. The number of anilines is 1. The topological polar surface area (TPSA) is 49.8 Å². The molecule has 1 aliphatic heterocycles. The van der Waals surface area contributed by atoms with Crippen molar-refractivity contribution in [1.82, 2.24) is 0 Å². The van der Waals surface area contributed by atoms with E-state index in [0.717, 1.165) is 10.2 Å². The summed E-state index contributed by atoms with van der Waals surface area (Å²) < 4.78 is 5.76. The van der Waals surface area contributed by atoms with Gasteiger partial charge in [0.1, 0.15) is 6.61 Å². The van der Waals surface area contributed by atoms with Gasteiger partial charge >= 0.3 is 6.09 Å². The molecule has 1 saturated heterocycles. The van der Waals surface area contributed by atoms with E-state index >= 15 is 0 Å². The maximum absolute atomic E-state index is 11.4. The van der Waals surface area contributed by atoms with Crippen LogP contribution in [0, 0.1) is 0 Å². The highest BCUT2D eigenvalue weighted by Crippen LogP contribution is 2.25. The van der Waals surface area contributed by atoms with Crippen LogP contribution in [0.5, 0.6) is 0 Å². The summed E-state index contributed by atoms with van der Waals surface area (Å²) in [6.45, 7) is 0.139. The van der Waals surface area contributed by atoms with Crippen molar-refractivity contribution in [1.29, 1.82) is 0 Å². The molecule has 1 amide bonds. The van der Waals surface area contributed by atoms with E-state index in [9.17, 15) is 4.79 Å². The van der Waals surface area contributed by atoms with E-state index in [-0.39, 0.29) is 19.3 Å². The molecule has 0 bridgehead atoms. The Morgan fingerprint density at radius 2 is 2.40 bits per heavy atom. The van der Waals surface area contributed by atoms with Crippen LogP contribution in [0.15, 0.2) is 28.7 Å². The van der Waals surface area contributed by atoms with Crippen LogP contribution in [-0.4, -0.2) is 30.5 Å². The van der Waals surface area contributed by atoms with Crippen LogP contribution in [0.4, 0.5) is 10.5 Å². The maximum atomic E-state index is 11.4. The lowest BCUT2D eigenvalue weighted by molar-refractivity contribution is 0.174. The summed E-state index contributed by atoms with van der Waals surface area (Å²) in [6.07, 6.45) is -0.410. The summed E-state index contributed by atoms with van der Waals surface area (Å²) in [7, 11) is 0. The van der Waals surface area contributed by atoms with Gasteiger partial charge in [-0.1, -0.05) is 22.0 Å². The molecule has 1 heterocycles. The lowest BCUT2D eigenvalue weighted by Crippen LogP contribution is -2.35. The number of carbonyl (C=O) groups excluding carboxylic acids is 1. The van der Waals surface area contributed by atoms with E-state index in [1.807, 2.05) is 18.2 Å². The number of amides is 1. The number of aliphatic hydroxyl groups is 1. The van der Waals surface area contributed by atoms with Crippen LogP contribution in [0.1, 0.15) is 0 Å². The van der Waals surface area contributed by atoms with E-state index in [1.165, 1.54) is 4.90 Å². The Morgan fingerprint density at radius 1 is 1.60 bits per heavy atom. The Kier molecular flexibility index (Phi) is 2.93. The fourth-order valence-electron chi connectivity index (χ4n) is 1.54. The summed E-state index contributed by atoms with van der Waals surface area (Å²) >= 11 is 3.33. The van der Waals surface area contributed by atoms with Crippen molar-refractivity contribution in [3.8, 4) is 0 Å². The average Bonchev–Trinajstić information content (AvgIpc) is 2.59. The lowest BCUT2D eigenvalue weighted by Gasteiger charge is -2.19. The first-order valence-electron chi connectivity index (χ1n) is 4.55. The molecule has 1 aromatic rings. The Labute approximate surface area is 95.6 Å². The molecule has 1 N–H and O–H groups in total. The van der Waals surface area contributed by atoms with Crippen LogP contribution in [0.25, 0.3) is 0 Å². The number of hydrogen-bond donors (Lipinski definition) is 1. The lowest BCUT2D eigenvalue weighted by atomic mass is 10.2. The molecule has 0 radical (unpaired) electrons. The van der Waals surface area contributed by atoms with Crippen molar-refractivity contribution in [2.45, 2.75) is 6.04 Å². The second-order valence-corrected chi connectivity index (χ2v) is 4.18. The van der Waals surface area contributed by atoms with E-state index in [2.05, 4.69) is 15.9 Å². The number of nitrogens with zero attached hydrogens (tertiary/aromatic N) is 1. The molecular formula is C10H10BrNO3. The predicted molar refractivity (Wildman–Crippen MR) is 58.8 cm³/mol. The zero-order valence-corrected chi connectivity index (χ0v) is 9.48. The summed E-state index contributed by atoms with van der Waals surface area (Å²) in [5.41, 5.74) is 0.728. The fraction of sp³-hybridized carbons (Fsp3) is 0.300. The number of benzene rings is 1. The van der Waals surface area contributed by atoms with Gasteiger partial charge in [0.25, 0.3) is 0 Å². The molecule has 2 rings (SSSR count). The van der Waals surface area contributed by atoms with Gasteiger partial charge in [0.15, 0.2) is 0 Å². The van der Waals surface area contributed by atoms with E-state index < -0.39 is 6.09 Å². The molecule has 0 saturated carbocycles. The van der Waals surface area contributed by atoms with Crippen molar-refractivity contribution >= 4 is 27.7 Å². The molecule has 1 aromatic carbocycles. The molecule has 0 aromatic heterocycles. The average molecular weight is 272 g/mol. The Balaban J connectivity index is 2.32.